The summed E-state index contributed by atoms with van der Waals surface area (Å²) in [6.45, 7) is 0. The molecule has 0 amide bonds. The lowest BCUT2D eigenvalue weighted by molar-refractivity contribution is 1.40. The van der Waals surface area contributed by atoms with E-state index in [9.17, 15) is 0 Å². The summed E-state index contributed by atoms with van der Waals surface area (Å²) in [4.78, 5) is 0. The second-order valence-corrected chi connectivity index (χ2v) is 2.47. The minimum atomic E-state index is 1.26. The Morgan fingerprint density at radius 3 is 2.38 bits per heavy atom. The molecule has 1 rings (SSSR count). The summed E-state index contributed by atoms with van der Waals surface area (Å²) in [5.74, 6) is 0. The zero-order chi connectivity index (χ0) is 5.82. The zero-order valence-corrected chi connectivity index (χ0v) is 7.02. The van der Waals surface area contributed by atoms with E-state index in [1.165, 1.54) is 21.9 Å². The molecular weight excluding hydrogens is 112 g/mol. The van der Waals surface area contributed by atoms with Gasteiger partial charge in [0, 0.05) is 10.2 Å². The molecule has 41 valence electrons. The minimum Gasteiger partial charge on any atom is -0.0587 e. The van der Waals surface area contributed by atoms with Crippen LogP contribution in [0.4, 0.5) is 0 Å². The number of hydrogen-bond donors (Lipinski definition) is 0. The van der Waals surface area contributed by atoms with E-state index in [4.69, 9.17) is 0 Å². The van der Waals surface area contributed by atoms with Crippen molar-refractivity contribution < 1.29 is 0 Å². The molecule has 0 fully saturated rings. The maximum atomic E-state index is 2.98. The van der Waals surface area contributed by atoms with Crippen LogP contribution in [-0.4, -0.2) is 10.2 Å². The number of hydrogen-bond acceptors (Lipinski definition) is 0. The van der Waals surface area contributed by atoms with Crippen molar-refractivity contribution in [3.63, 3.8) is 0 Å². The molecule has 0 aliphatic heterocycles. The van der Waals surface area contributed by atoms with Gasteiger partial charge in [-0.1, -0.05) is 29.8 Å². The Balaban J connectivity index is 2.83. The highest BCUT2D eigenvalue weighted by Crippen LogP contribution is 1.94. The van der Waals surface area contributed by atoms with E-state index in [1.54, 1.807) is 0 Å². The highest BCUT2D eigenvalue weighted by Gasteiger charge is 1.80. The van der Waals surface area contributed by atoms with E-state index >= 15 is 0 Å². The summed E-state index contributed by atoms with van der Waals surface area (Å²) in [5, 5.41) is 0. The van der Waals surface area contributed by atoms with Gasteiger partial charge in [0.15, 0.2) is 0 Å². The number of rotatable bonds is 1. The van der Waals surface area contributed by atoms with Crippen LogP contribution < -0.4 is 0 Å². The lowest BCUT2D eigenvalue weighted by Crippen LogP contribution is -1.79. The van der Waals surface area contributed by atoms with Crippen molar-refractivity contribution in [2.24, 2.45) is 0 Å². The first kappa shape index (κ1) is 5.57. The molecule has 1 aromatic rings. The fourth-order valence-corrected chi connectivity index (χ4v) is 1.13. The van der Waals surface area contributed by atoms with Crippen LogP contribution in [0.5, 0.6) is 0 Å². The summed E-state index contributed by atoms with van der Waals surface area (Å²) in [7, 11) is 1.26. The molecule has 1 radical (unpaired) electrons. The molecule has 0 aliphatic carbocycles. The van der Waals surface area contributed by atoms with Crippen molar-refractivity contribution in [2.45, 2.75) is 6.04 Å². The molecule has 0 saturated heterocycles. The van der Waals surface area contributed by atoms with Crippen molar-refractivity contribution in [1.82, 2.24) is 0 Å². The topological polar surface area (TPSA) is 0 Å². The maximum absolute atomic E-state index is 2.98. The van der Waals surface area contributed by atoms with Gasteiger partial charge in [0.2, 0.25) is 0 Å². The van der Waals surface area contributed by atoms with Crippen molar-refractivity contribution in [3.05, 3.63) is 35.9 Å². The van der Waals surface area contributed by atoms with Crippen LogP contribution in [-0.2, 0) is 6.04 Å². The highest BCUT2D eigenvalue weighted by atomic mass is 28.1. The Labute approximate surface area is 53.0 Å². The summed E-state index contributed by atoms with van der Waals surface area (Å²) in [5.41, 5.74) is 1.44. The smallest absolute Gasteiger partial charge is 0.00833 e. The van der Waals surface area contributed by atoms with Gasteiger partial charge in [-0.25, -0.2) is 0 Å². The molecule has 0 spiro atoms. The van der Waals surface area contributed by atoms with Crippen LogP contribution in [0.2, 0.25) is 0 Å². The van der Waals surface area contributed by atoms with Crippen LogP contribution in [0.15, 0.2) is 24.3 Å². The third kappa shape index (κ3) is 1.20. The first-order valence-corrected chi connectivity index (χ1v) is 4.30. The fourth-order valence-electron chi connectivity index (χ4n) is 0.657. The van der Waals surface area contributed by atoms with E-state index in [2.05, 4.69) is 18.2 Å². The van der Waals surface area contributed by atoms with Crippen molar-refractivity contribution in [2.75, 3.05) is 0 Å². The van der Waals surface area contributed by atoms with E-state index in [0.717, 1.165) is 0 Å². The zero-order valence-electron chi connectivity index (χ0n) is 5.02. The van der Waals surface area contributed by atoms with Crippen LogP contribution >= 0.6 is 0 Å². The Kier molecular flexibility index (Phi) is 1.86. The average molecular weight is 121 g/mol. The van der Waals surface area contributed by atoms with Gasteiger partial charge in [-0.3, -0.25) is 0 Å². The van der Waals surface area contributed by atoms with E-state index in [1.807, 2.05) is 12.1 Å². The molecule has 1 aromatic carbocycles. The Hall–Kier alpha value is -0.563. The lowest BCUT2D eigenvalue weighted by atomic mass is 10.2. The van der Waals surface area contributed by atoms with Gasteiger partial charge >= 0.3 is 0 Å². The molecule has 0 aliphatic rings. The largest absolute Gasteiger partial charge is 0.0587 e. The van der Waals surface area contributed by atoms with Gasteiger partial charge in [0.05, 0.1) is 0 Å². The summed E-state index contributed by atoms with van der Waals surface area (Å²) >= 11 is 0. The quantitative estimate of drug-likeness (QED) is 0.470. The first-order valence-electron chi connectivity index (χ1n) is 2.88. The third-order valence-electron chi connectivity index (χ3n) is 1.20. The standard InChI is InChI=1S/C7H9Si/c8-6-7-4-2-1-3-5-7/h2-5H,6H2,8H3. The third-order valence-corrected chi connectivity index (χ3v) is 2.01. The second-order valence-electron chi connectivity index (χ2n) is 1.76. The molecule has 0 N–H and O–H groups in total. The van der Waals surface area contributed by atoms with Gasteiger partial charge in [-0.2, -0.15) is 0 Å². The fraction of sp³-hybridized carbons (Fsp3) is 0.143. The van der Waals surface area contributed by atoms with Crippen molar-refractivity contribution in [1.29, 1.82) is 0 Å². The molecule has 0 atom stereocenters. The van der Waals surface area contributed by atoms with Crippen LogP contribution in [0.1, 0.15) is 5.56 Å². The van der Waals surface area contributed by atoms with Crippen molar-refractivity contribution >= 4 is 10.2 Å². The molecule has 0 unspecified atom stereocenters. The Morgan fingerprint density at radius 2 is 2.00 bits per heavy atom. The molecular formula is C7H9Si. The van der Waals surface area contributed by atoms with Crippen LogP contribution in [0.25, 0.3) is 0 Å². The molecule has 1 heteroatoms. The van der Waals surface area contributed by atoms with Gasteiger partial charge in [-0.15, -0.1) is 0 Å². The molecule has 0 heterocycles. The summed E-state index contributed by atoms with van der Waals surface area (Å²) < 4.78 is 0. The number of benzene rings is 1. The summed E-state index contributed by atoms with van der Waals surface area (Å²) in [6.07, 6.45) is 0. The summed E-state index contributed by atoms with van der Waals surface area (Å²) in [6, 6.07) is 12.4. The molecule has 0 bridgehead atoms. The maximum Gasteiger partial charge on any atom is 0.00833 e. The lowest BCUT2D eigenvalue weighted by Gasteiger charge is -1.89. The molecule has 8 heavy (non-hydrogen) atoms. The normalized spacial score (nSPS) is 9.50. The van der Waals surface area contributed by atoms with Gasteiger partial charge in [0.25, 0.3) is 0 Å². The van der Waals surface area contributed by atoms with E-state index < -0.39 is 0 Å². The van der Waals surface area contributed by atoms with Crippen LogP contribution in [0.3, 0.4) is 0 Å². The Bertz CT molecular complexity index is 146. The van der Waals surface area contributed by atoms with Gasteiger partial charge in [-0.05, 0) is 12.1 Å². The average Bonchev–Trinajstić information content (AvgIpc) is 1.90. The van der Waals surface area contributed by atoms with Gasteiger partial charge < -0.3 is 0 Å². The second kappa shape index (κ2) is 2.67. The monoisotopic (exact) mass is 121 g/mol. The molecule has 0 aromatic heterocycles. The predicted octanol–water partition coefficient (Wildman–Crippen LogP) is 0.352. The van der Waals surface area contributed by atoms with E-state index in [-0.39, 0.29) is 0 Å². The van der Waals surface area contributed by atoms with Crippen LogP contribution in [0, 0.1) is 6.07 Å². The minimum absolute atomic E-state index is 1.26. The Morgan fingerprint density at radius 1 is 1.38 bits per heavy atom. The first-order chi connectivity index (χ1) is 3.93. The molecule has 0 saturated carbocycles. The predicted molar refractivity (Wildman–Crippen MR) is 38.9 cm³/mol. The SMILES string of the molecule is [SiH3]Cc1cc[c]cc1. The highest BCUT2D eigenvalue weighted by molar-refractivity contribution is 6.08. The van der Waals surface area contributed by atoms with Crippen molar-refractivity contribution in [3.8, 4) is 0 Å². The van der Waals surface area contributed by atoms with Gasteiger partial charge in [0.1, 0.15) is 0 Å². The molecule has 0 nitrogen and oxygen atoms in total. The van der Waals surface area contributed by atoms with E-state index in [0.29, 0.717) is 0 Å².